The Morgan fingerprint density at radius 1 is 1.47 bits per heavy atom. The Labute approximate surface area is 117 Å². The van der Waals surface area contributed by atoms with Gasteiger partial charge in [-0.15, -0.1) is 11.8 Å². The van der Waals surface area contributed by atoms with Crippen molar-refractivity contribution < 1.29 is 10.2 Å². The van der Waals surface area contributed by atoms with Gasteiger partial charge in [-0.25, -0.2) is 9.97 Å². The molecule has 1 unspecified atom stereocenters. The number of hydrogen-bond acceptors (Lipinski definition) is 6. The summed E-state index contributed by atoms with van der Waals surface area (Å²) in [7, 11) is 0. The van der Waals surface area contributed by atoms with E-state index in [1.807, 2.05) is 6.07 Å². The van der Waals surface area contributed by atoms with E-state index < -0.39 is 6.10 Å². The molecule has 1 atom stereocenters. The third-order valence-corrected chi connectivity index (χ3v) is 3.91. The molecule has 1 heterocycles. The van der Waals surface area contributed by atoms with Crippen LogP contribution in [0.4, 0.5) is 5.82 Å². The third-order valence-electron chi connectivity index (χ3n) is 2.85. The van der Waals surface area contributed by atoms with E-state index in [9.17, 15) is 5.11 Å². The molecule has 0 aliphatic heterocycles. The maximum atomic E-state index is 9.39. The summed E-state index contributed by atoms with van der Waals surface area (Å²) in [6.07, 6.45) is 2.69. The van der Waals surface area contributed by atoms with Crippen molar-refractivity contribution in [1.82, 2.24) is 9.97 Å². The van der Waals surface area contributed by atoms with Crippen LogP contribution in [0.25, 0.3) is 0 Å². The topological polar surface area (TPSA) is 78.3 Å². The van der Waals surface area contributed by atoms with Gasteiger partial charge in [0.05, 0.1) is 12.7 Å². The zero-order chi connectivity index (χ0) is 13.7. The summed E-state index contributed by atoms with van der Waals surface area (Å²) in [5.41, 5.74) is 0. The predicted octanol–water partition coefficient (Wildman–Crippen LogP) is 1.62. The van der Waals surface area contributed by atoms with Crippen molar-refractivity contribution in [3.05, 3.63) is 11.9 Å². The minimum atomic E-state index is -0.698. The standard InChI is InChI=1S/C13H21N3O2S/c1-2-5-14-11-6-12(19-8-10(18)7-17)16-13(15-11)9-3-4-9/h6,9-10,17-18H,2-5,7-8H2,1H3,(H,14,15,16). The van der Waals surface area contributed by atoms with Crippen LogP contribution in [0.5, 0.6) is 0 Å². The van der Waals surface area contributed by atoms with Gasteiger partial charge in [0.15, 0.2) is 0 Å². The molecule has 106 valence electrons. The number of rotatable bonds is 8. The molecule has 19 heavy (non-hydrogen) atoms. The van der Waals surface area contributed by atoms with Gasteiger partial charge in [-0.3, -0.25) is 0 Å². The molecular formula is C13H21N3O2S. The average Bonchev–Trinajstić information content (AvgIpc) is 3.26. The van der Waals surface area contributed by atoms with Crippen LogP contribution in [-0.2, 0) is 0 Å². The maximum Gasteiger partial charge on any atom is 0.135 e. The number of anilines is 1. The first-order valence-electron chi connectivity index (χ1n) is 6.77. The van der Waals surface area contributed by atoms with E-state index in [1.165, 1.54) is 24.6 Å². The van der Waals surface area contributed by atoms with E-state index in [1.54, 1.807) is 0 Å². The molecule has 6 heteroatoms. The second-order valence-electron chi connectivity index (χ2n) is 4.80. The second-order valence-corrected chi connectivity index (χ2v) is 5.84. The van der Waals surface area contributed by atoms with E-state index in [0.29, 0.717) is 11.7 Å². The van der Waals surface area contributed by atoms with Crippen molar-refractivity contribution in [2.24, 2.45) is 0 Å². The number of aromatic nitrogens is 2. The van der Waals surface area contributed by atoms with Gasteiger partial charge in [-0.1, -0.05) is 6.92 Å². The molecule has 0 amide bonds. The van der Waals surface area contributed by atoms with Crippen molar-refractivity contribution in [2.45, 2.75) is 43.2 Å². The van der Waals surface area contributed by atoms with Gasteiger partial charge >= 0.3 is 0 Å². The summed E-state index contributed by atoms with van der Waals surface area (Å²) in [6.45, 7) is 2.79. The quantitative estimate of drug-likeness (QED) is 0.497. The van der Waals surface area contributed by atoms with Gasteiger partial charge in [-0.05, 0) is 19.3 Å². The monoisotopic (exact) mass is 283 g/mol. The van der Waals surface area contributed by atoms with Crippen LogP contribution in [0.1, 0.15) is 37.9 Å². The van der Waals surface area contributed by atoms with E-state index in [2.05, 4.69) is 22.2 Å². The van der Waals surface area contributed by atoms with E-state index in [-0.39, 0.29) is 6.61 Å². The van der Waals surface area contributed by atoms with Gasteiger partial charge in [-0.2, -0.15) is 0 Å². The van der Waals surface area contributed by atoms with Crippen molar-refractivity contribution in [3.63, 3.8) is 0 Å². The minimum absolute atomic E-state index is 0.214. The normalized spacial score (nSPS) is 16.4. The van der Waals surface area contributed by atoms with Crippen LogP contribution >= 0.6 is 11.8 Å². The molecule has 1 fully saturated rings. The summed E-state index contributed by atoms with van der Waals surface area (Å²) in [5.74, 6) is 2.72. The van der Waals surface area contributed by atoms with E-state index in [4.69, 9.17) is 5.11 Å². The van der Waals surface area contributed by atoms with Crippen molar-refractivity contribution >= 4 is 17.6 Å². The Bertz CT molecular complexity index is 413. The number of aliphatic hydroxyl groups is 2. The van der Waals surface area contributed by atoms with Gasteiger partial charge in [0, 0.05) is 24.3 Å². The van der Waals surface area contributed by atoms with Gasteiger partial charge in [0.2, 0.25) is 0 Å². The lowest BCUT2D eigenvalue weighted by atomic mass is 10.4. The first kappa shape index (κ1) is 14.6. The lowest BCUT2D eigenvalue weighted by Crippen LogP contribution is -2.15. The highest BCUT2D eigenvalue weighted by Gasteiger charge is 2.27. The Morgan fingerprint density at radius 2 is 2.26 bits per heavy atom. The summed E-state index contributed by atoms with van der Waals surface area (Å²) in [4.78, 5) is 9.06. The fourth-order valence-electron chi connectivity index (χ4n) is 1.62. The molecule has 1 aliphatic carbocycles. The van der Waals surface area contributed by atoms with Gasteiger partial charge < -0.3 is 15.5 Å². The molecule has 1 aromatic rings. The Balaban J connectivity index is 2.05. The first-order valence-corrected chi connectivity index (χ1v) is 7.76. The molecule has 0 saturated heterocycles. The Hall–Kier alpha value is -0.850. The molecule has 0 spiro atoms. The molecule has 1 saturated carbocycles. The first-order chi connectivity index (χ1) is 9.22. The van der Waals surface area contributed by atoms with E-state index >= 15 is 0 Å². The second kappa shape index (κ2) is 7.07. The summed E-state index contributed by atoms with van der Waals surface area (Å²) >= 11 is 1.46. The van der Waals surface area contributed by atoms with Crippen molar-refractivity contribution in [1.29, 1.82) is 0 Å². The zero-order valence-electron chi connectivity index (χ0n) is 11.2. The average molecular weight is 283 g/mol. The number of hydrogen-bond donors (Lipinski definition) is 3. The molecule has 2 rings (SSSR count). The van der Waals surface area contributed by atoms with E-state index in [0.717, 1.165) is 29.6 Å². The highest BCUT2D eigenvalue weighted by Crippen LogP contribution is 2.39. The minimum Gasteiger partial charge on any atom is -0.394 e. The zero-order valence-corrected chi connectivity index (χ0v) is 12.0. The van der Waals surface area contributed by atoms with Crippen LogP contribution < -0.4 is 5.32 Å². The Kier molecular flexibility index (Phi) is 5.42. The molecule has 0 aromatic carbocycles. The van der Waals surface area contributed by atoms with Crippen LogP contribution in [0, 0.1) is 0 Å². The lowest BCUT2D eigenvalue weighted by molar-refractivity contribution is 0.113. The largest absolute Gasteiger partial charge is 0.394 e. The highest BCUT2D eigenvalue weighted by atomic mass is 32.2. The van der Waals surface area contributed by atoms with Gasteiger partial charge in [0.25, 0.3) is 0 Å². The Morgan fingerprint density at radius 3 is 2.89 bits per heavy atom. The number of nitrogens with one attached hydrogen (secondary N) is 1. The molecule has 5 nitrogen and oxygen atoms in total. The van der Waals surface area contributed by atoms with Crippen LogP contribution in [0.3, 0.4) is 0 Å². The number of nitrogens with zero attached hydrogens (tertiary/aromatic N) is 2. The third kappa shape index (κ3) is 4.63. The number of thioether (sulfide) groups is 1. The van der Waals surface area contributed by atoms with Crippen LogP contribution in [0.15, 0.2) is 11.1 Å². The summed E-state index contributed by atoms with van der Waals surface area (Å²) < 4.78 is 0. The number of aliphatic hydroxyl groups excluding tert-OH is 2. The smallest absolute Gasteiger partial charge is 0.135 e. The molecule has 3 N–H and O–H groups in total. The molecule has 0 radical (unpaired) electrons. The molecule has 1 aliphatic rings. The fraction of sp³-hybridized carbons (Fsp3) is 0.692. The van der Waals surface area contributed by atoms with Crippen LogP contribution in [-0.4, -0.2) is 45.2 Å². The fourth-order valence-corrected chi connectivity index (χ4v) is 2.44. The highest BCUT2D eigenvalue weighted by molar-refractivity contribution is 7.99. The predicted molar refractivity (Wildman–Crippen MR) is 76.6 cm³/mol. The van der Waals surface area contributed by atoms with Crippen LogP contribution in [0.2, 0.25) is 0 Å². The summed E-state index contributed by atoms with van der Waals surface area (Å²) in [6, 6.07) is 1.91. The lowest BCUT2D eigenvalue weighted by Gasteiger charge is -2.10. The maximum absolute atomic E-state index is 9.39. The van der Waals surface area contributed by atoms with Crippen molar-refractivity contribution in [3.8, 4) is 0 Å². The molecular weight excluding hydrogens is 262 g/mol. The SMILES string of the molecule is CCCNc1cc(SCC(O)CO)nc(C2CC2)n1. The molecule has 0 bridgehead atoms. The van der Waals surface area contributed by atoms with Gasteiger partial charge in [0.1, 0.15) is 16.7 Å². The van der Waals surface area contributed by atoms with Crippen molar-refractivity contribution in [2.75, 3.05) is 24.2 Å². The summed E-state index contributed by atoms with van der Waals surface area (Å²) in [5, 5.41) is 22.4. The molecule has 1 aromatic heterocycles.